The van der Waals surface area contributed by atoms with Crippen LogP contribution in [0.5, 0.6) is 5.75 Å². The van der Waals surface area contributed by atoms with Gasteiger partial charge in [-0.05, 0) is 36.8 Å². The van der Waals surface area contributed by atoms with E-state index in [9.17, 15) is 9.59 Å². The van der Waals surface area contributed by atoms with Gasteiger partial charge in [0.1, 0.15) is 12.3 Å². The van der Waals surface area contributed by atoms with Gasteiger partial charge in [-0.2, -0.15) is 5.10 Å². The normalized spacial score (nSPS) is 10.5. The monoisotopic (exact) mass is 383 g/mol. The van der Waals surface area contributed by atoms with Gasteiger partial charge in [0.15, 0.2) is 0 Å². The predicted molar refractivity (Wildman–Crippen MR) is 105 cm³/mol. The molecule has 3 rings (SSSR count). The number of halogens is 1. The van der Waals surface area contributed by atoms with Gasteiger partial charge >= 0.3 is 0 Å². The number of amides is 1. The summed E-state index contributed by atoms with van der Waals surface area (Å²) in [4.78, 5) is 24.5. The molecule has 0 saturated heterocycles. The van der Waals surface area contributed by atoms with E-state index in [4.69, 9.17) is 16.3 Å². The number of hydrogen-bond donors (Lipinski definition) is 1. The minimum atomic E-state index is -0.410. The number of benzene rings is 2. The highest BCUT2D eigenvalue weighted by Gasteiger charge is 2.12. The van der Waals surface area contributed by atoms with Crippen LogP contribution in [-0.4, -0.2) is 22.8 Å². The SMILES string of the molecule is COc1ccc(Cl)cc1NC(=O)Cn1nc(-c2ccccc2C)ccc1=O. The first-order valence-electron chi connectivity index (χ1n) is 8.25. The maximum absolute atomic E-state index is 12.4. The van der Waals surface area contributed by atoms with Gasteiger partial charge in [-0.15, -0.1) is 0 Å². The third-order valence-corrected chi connectivity index (χ3v) is 4.25. The van der Waals surface area contributed by atoms with E-state index in [1.165, 1.54) is 13.2 Å². The molecule has 0 spiro atoms. The first kappa shape index (κ1) is 18.7. The molecule has 3 aromatic rings. The average Bonchev–Trinajstić information content (AvgIpc) is 2.64. The standard InChI is InChI=1S/C20H18ClN3O3/c1-13-5-3-4-6-15(13)16-8-10-20(26)24(23-16)12-19(25)22-17-11-14(21)7-9-18(17)27-2/h3-11H,12H2,1-2H3,(H,22,25). The zero-order valence-electron chi connectivity index (χ0n) is 14.9. The van der Waals surface area contributed by atoms with Crippen LogP contribution in [0.15, 0.2) is 59.4 Å². The van der Waals surface area contributed by atoms with Crippen LogP contribution in [0.2, 0.25) is 5.02 Å². The fraction of sp³-hybridized carbons (Fsp3) is 0.150. The lowest BCUT2D eigenvalue weighted by Crippen LogP contribution is -2.29. The number of aryl methyl sites for hydroxylation is 1. The summed E-state index contributed by atoms with van der Waals surface area (Å²) in [5, 5.41) is 7.49. The Balaban J connectivity index is 1.84. The largest absolute Gasteiger partial charge is 0.495 e. The molecule has 138 valence electrons. The molecule has 27 heavy (non-hydrogen) atoms. The number of nitrogens with zero attached hydrogens (tertiary/aromatic N) is 2. The van der Waals surface area contributed by atoms with Gasteiger partial charge < -0.3 is 10.1 Å². The number of carbonyl (C=O) groups excluding carboxylic acids is 1. The second-order valence-corrected chi connectivity index (χ2v) is 6.36. The number of nitrogens with one attached hydrogen (secondary N) is 1. The smallest absolute Gasteiger partial charge is 0.267 e. The van der Waals surface area contributed by atoms with Crippen LogP contribution < -0.4 is 15.6 Å². The summed E-state index contributed by atoms with van der Waals surface area (Å²) < 4.78 is 6.34. The molecular weight excluding hydrogens is 366 g/mol. The van der Waals surface area contributed by atoms with E-state index in [2.05, 4.69) is 10.4 Å². The quantitative estimate of drug-likeness (QED) is 0.731. The zero-order chi connectivity index (χ0) is 19.4. The number of carbonyl (C=O) groups is 1. The Morgan fingerprint density at radius 1 is 1.19 bits per heavy atom. The Morgan fingerprint density at radius 2 is 1.96 bits per heavy atom. The summed E-state index contributed by atoms with van der Waals surface area (Å²) in [6.07, 6.45) is 0. The summed E-state index contributed by atoms with van der Waals surface area (Å²) in [7, 11) is 1.50. The molecular formula is C20H18ClN3O3. The highest BCUT2D eigenvalue weighted by Crippen LogP contribution is 2.27. The van der Waals surface area contributed by atoms with Crippen molar-refractivity contribution in [3.63, 3.8) is 0 Å². The van der Waals surface area contributed by atoms with E-state index < -0.39 is 5.91 Å². The van der Waals surface area contributed by atoms with E-state index in [1.807, 2.05) is 31.2 Å². The van der Waals surface area contributed by atoms with Crippen LogP contribution in [0.4, 0.5) is 5.69 Å². The van der Waals surface area contributed by atoms with Crippen molar-refractivity contribution >= 4 is 23.2 Å². The Kier molecular flexibility index (Phi) is 5.57. The number of aromatic nitrogens is 2. The molecule has 0 saturated carbocycles. The van der Waals surface area contributed by atoms with Crippen LogP contribution in [0, 0.1) is 6.92 Å². The first-order valence-corrected chi connectivity index (χ1v) is 8.63. The fourth-order valence-electron chi connectivity index (χ4n) is 2.67. The lowest BCUT2D eigenvalue weighted by atomic mass is 10.1. The minimum Gasteiger partial charge on any atom is -0.495 e. The van der Waals surface area contributed by atoms with Gasteiger partial charge in [0.2, 0.25) is 5.91 Å². The second-order valence-electron chi connectivity index (χ2n) is 5.92. The number of methoxy groups -OCH3 is 1. The van der Waals surface area contributed by atoms with Crippen molar-refractivity contribution in [1.82, 2.24) is 9.78 Å². The topological polar surface area (TPSA) is 73.2 Å². The maximum atomic E-state index is 12.4. The third-order valence-electron chi connectivity index (χ3n) is 4.02. The van der Waals surface area contributed by atoms with Crippen molar-refractivity contribution < 1.29 is 9.53 Å². The van der Waals surface area contributed by atoms with Gasteiger partial charge in [0.25, 0.3) is 5.56 Å². The summed E-state index contributed by atoms with van der Waals surface area (Å²) in [6, 6.07) is 15.7. The van der Waals surface area contributed by atoms with Crippen LogP contribution >= 0.6 is 11.6 Å². The van der Waals surface area contributed by atoms with Crippen LogP contribution in [0.1, 0.15) is 5.56 Å². The Bertz CT molecular complexity index is 1050. The number of ether oxygens (including phenoxy) is 1. The highest BCUT2D eigenvalue weighted by atomic mass is 35.5. The van der Waals surface area contributed by atoms with E-state index in [1.54, 1.807) is 24.3 Å². The van der Waals surface area contributed by atoms with Crippen LogP contribution in [-0.2, 0) is 11.3 Å². The summed E-state index contributed by atoms with van der Waals surface area (Å²) in [6.45, 7) is 1.73. The molecule has 0 aliphatic carbocycles. The molecule has 1 aromatic heterocycles. The molecule has 0 aliphatic rings. The average molecular weight is 384 g/mol. The van der Waals surface area contributed by atoms with Crippen molar-refractivity contribution in [2.24, 2.45) is 0 Å². The lowest BCUT2D eigenvalue weighted by molar-refractivity contribution is -0.117. The number of hydrogen-bond acceptors (Lipinski definition) is 4. The van der Waals surface area contributed by atoms with E-state index in [0.717, 1.165) is 15.8 Å². The predicted octanol–water partition coefficient (Wildman–Crippen LogP) is 3.52. The molecule has 7 heteroatoms. The van der Waals surface area contributed by atoms with E-state index >= 15 is 0 Å². The molecule has 0 unspecified atom stereocenters. The Hall–Kier alpha value is -3.12. The summed E-state index contributed by atoms with van der Waals surface area (Å²) >= 11 is 5.97. The Labute approximate surface area is 161 Å². The Morgan fingerprint density at radius 3 is 2.70 bits per heavy atom. The maximum Gasteiger partial charge on any atom is 0.267 e. The minimum absolute atomic E-state index is 0.228. The van der Waals surface area contributed by atoms with Gasteiger partial charge in [-0.1, -0.05) is 35.9 Å². The molecule has 0 atom stereocenters. The molecule has 2 aromatic carbocycles. The van der Waals surface area contributed by atoms with Gasteiger partial charge in [-0.25, -0.2) is 4.68 Å². The molecule has 1 amide bonds. The fourth-order valence-corrected chi connectivity index (χ4v) is 2.84. The molecule has 6 nitrogen and oxygen atoms in total. The van der Waals surface area contributed by atoms with E-state index in [0.29, 0.717) is 22.2 Å². The lowest BCUT2D eigenvalue weighted by Gasteiger charge is -2.12. The summed E-state index contributed by atoms with van der Waals surface area (Å²) in [5.41, 5.74) is 2.63. The molecule has 0 radical (unpaired) electrons. The second kappa shape index (κ2) is 8.05. The molecule has 1 heterocycles. The van der Waals surface area contributed by atoms with Crippen molar-refractivity contribution in [3.05, 3.63) is 75.5 Å². The van der Waals surface area contributed by atoms with E-state index in [-0.39, 0.29) is 12.1 Å². The van der Waals surface area contributed by atoms with Crippen molar-refractivity contribution in [2.75, 3.05) is 12.4 Å². The van der Waals surface area contributed by atoms with Gasteiger partial charge in [0.05, 0.1) is 18.5 Å². The number of anilines is 1. The van der Waals surface area contributed by atoms with Crippen molar-refractivity contribution in [1.29, 1.82) is 0 Å². The molecule has 0 aliphatic heterocycles. The van der Waals surface area contributed by atoms with Crippen LogP contribution in [0.3, 0.4) is 0 Å². The highest BCUT2D eigenvalue weighted by molar-refractivity contribution is 6.31. The number of rotatable bonds is 5. The van der Waals surface area contributed by atoms with Crippen LogP contribution in [0.25, 0.3) is 11.3 Å². The molecule has 1 N–H and O–H groups in total. The van der Waals surface area contributed by atoms with Crippen molar-refractivity contribution in [2.45, 2.75) is 13.5 Å². The summed E-state index contributed by atoms with van der Waals surface area (Å²) in [5.74, 6) is 0.0637. The first-order chi connectivity index (χ1) is 13.0. The molecule has 0 fully saturated rings. The zero-order valence-corrected chi connectivity index (χ0v) is 15.7. The third kappa shape index (κ3) is 4.35. The van der Waals surface area contributed by atoms with Gasteiger partial charge in [0, 0.05) is 16.7 Å². The van der Waals surface area contributed by atoms with Gasteiger partial charge in [-0.3, -0.25) is 9.59 Å². The molecule has 0 bridgehead atoms. The van der Waals surface area contributed by atoms with Crippen molar-refractivity contribution in [3.8, 4) is 17.0 Å².